The zero-order valence-corrected chi connectivity index (χ0v) is 23.6. The molecule has 0 saturated carbocycles. The van der Waals surface area contributed by atoms with Crippen LogP contribution in [0.1, 0.15) is 52.3 Å². The third-order valence-corrected chi connectivity index (χ3v) is 6.12. The molecule has 0 aliphatic heterocycles. The van der Waals surface area contributed by atoms with E-state index in [1.54, 1.807) is 30.0 Å². The summed E-state index contributed by atoms with van der Waals surface area (Å²) in [6.45, 7) is 10.0. The molecule has 0 saturated heterocycles. The van der Waals surface area contributed by atoms with Gasteiger partial charge in [0.1, 0.15) is 18.1 Å². The maximum atomic E-state index is 13.2. The molecule has 216 valence electrons. The summed E-state index contributed by atoms with van der Waals surface area (Å²) >= 11 is 0. The molecule has 2 N–H and O–H groups in total. The molecule has 2 aromatic carbocycles. The molecule has 0 unspecified atom stereocenters. The number of methoxy groups -OCH3 is 1. The van der Waals surface area contributed by atoms with Gasteiger partial charge in [-0.2, -0.15) is 18.3 Å². The molecule has 0 aliphatic carbocycles. The monoisotopic (exact) mass is 559 g/mol. The fourth-order valence-corrected chi connectivity index (χ4v) is 3.72. The van der Waals surface area contributed by atoms with E-state index in [-0.39, 0.29) is 30.1 Å². The summed E-state index contributed by atoms with van der Waals surface area (Å²) in [6.07, 6.45) is -3.85. The molecule has 1 aromatic heterocycles. The normalized spacial score (nSPS) is 11.8. The summed E-state index contributed by atoms with van der Waals surface area (Å²) in [7, 11) is 1.57. The smallest absolute Gasteiger partial charge is 0.416 e. The quantitative estimate of drug-likeness (QED) is 0.305. The minimum atomic E-state index is -4.48. The van der Waals surface area contributed by atoms with Crippen LogP contribution in [0.4, 0.5) is 29.5 Å². The fourth-order valence-electron chi connectivity index (χ4n) is 3.72. The summed E-state index contributed by atoms with van der Waals surface area (Å²) in [5, 5.41) is 10.2. The van der Waals surface area contributed by atoms with Crippen LogP contribution in [0, 0.1) is 5.92 Å². The zero-order valence-electron chi connectivity index (χ0n) is 23.6. The molecule has 0 spiro atoms. The van der Waals surface area contributed by atoms with Gasteiger partial charge in [-0.25, -0.2) is 9.48 Å². The van der Waals surface area contributed by atoms with Gasteiger partial charge in [-0.15, -0.1) is 0 Å². The van der Waals surface area contributed by atoms with Gasteiger partial charge in [-0.05, 0) is 60.9 Å². The molecule has 0 atom stereocenters. The van der Waals surface area contributed by atoms with Crippen molar-refractivity contribution in [2.75, 3.05) is 30.8 Å². The van der Waals surface area contributed by atoms with Crippen molar-refractivity contribution in [2.24, 2.45) is 5.92 Å². The molecule has 3 rings (SSSR count). The van der Waals surface area contributed by atoms with Crippen molar-refractivity contribution >= 4 is 23.4 Å². The zero-order chi connectivity index (χ0) is 29.7. The van der Waals surface area contributed by atoms with Gasteiger partial charge >= 0.3 is 12.2 Å². The highest BCUT2D eigenvalue weighted by molar-refractivity contribution is 5.96. The number of rotatable bonds is 9. The molecule has 8 nitrogen and oxygen atoms in total. The van der Waals surface area contributed by atoms with Crippen LogP contribution in [0.25, 0.3) is 5.69 Å². The van der Waals surface area contributed by atoms with E-state index in [0.717, 1.165) is 17.8 Å². The van der Waals surface area contributed by atoms with E-state index in [0.29, 0.717) is 23.7 Å². The van der Waals surface area contributed by atoms with Crippen molar-refractivity contribution < 1.29 is 27.5 Å². The Labute approximate surface area is 232 Å². The molecule has 0 fully saturated rings. The molecule has 0 bridgehead atoms. The number of alkyl halides is 3. The summed E-state index contributed by atoms with van der Waals surface area (Å²) < 4.78 is 45.5. The maximum Gasteiger partial charge on any atom is 0.416 e. The standard InChI is InChI=1S/C29H36F3N5O3/c1-19(2)15-16-36(27(39)33-21-9-7-20(8-10-21)29(30,31)32)18-26(38)34-25-17-24(28(3,4)5)35-37(25)22-11-13-23(40-6)14-12-22/h7-14,17,19H,15-16,18H2,1-6H3,(H,33,39)(H,34,38). The minimum absolute atomic E-state index is 0.195. The number of amides is 3. The van der Waals surface area contributed by atoms with Crippen LogP contribution in [0.2, 0.25) is 0 Å². The first-order chi connectivity index (χ1) is 18.7. The average Bonchev–Trinajstić information content (AvgIpc) is 3.30. The third kappa shape index (κ3) is 8.24. The summed E-state index contributed by atoms with van der Waals surface area (Å²) in [5.41, 5.74) is 0.561. The van der Waals surface area contributed by atoms with Crippen LogP contribution >= 0.6 is 0 Å². The van der Waals surface area contributed by atoms with Gasteiger partial charge in [0.2, 0.25) is 5.91 Å². The lowest BCUT2D eigenvalue weighted by molar-refractivity contribution is -0.137. The van der Waals surface area contributed by atoms with Gasteiger partial charge in [0.05, 0.1) is 24.1 Å². The Morgan fingerprint density at radius 3 is 2.15 bits per heavy atom. The van der Waals surface area contributed by atoms with Crippen molar-refractivity contribution in [3.8, 4) is 11.4 Å². The SMILES string of the molecule is COc1ccc(-n2nc(C(C)(C)C)cc2NC(=O)CN(CCC(C)C)C(=O)Nc2ccc(C(F)(F)F)cc2)cc1. The largest absolute Gasteiger partial charge is 0.497 e. The highest BCUT2D eigenvalue weighted by Gasteiger charge is 2.30. The van der Waals surface area contributed by atoms with Gasteiger partial charge in [0.15, 0.2) is 0 Å². The van der Waals surface area contributed by atoms with E-state index in [1.165, 1.54) is 17.0 Å². The number of urea groups is 1. The Hall–Kier alpha value is -4.02. The van der Waals surface area contributed by atoms with E-state index >= 15 is 0 Å². The van der Waals surface area contributed by atoms with Crippen LogP contribution in [0.5, 0.6) is 5.75 Å². The Balaban J connectivity index is 1.80. The van der Waals surface area contributed by atoms with Crippen LogP contribution in [0.3, 0.4) is 0 Å². The number of hydrogen-bond acceptors (Lipinski definition) is 4. The van der Waals surface area contributed by atoms with Crippen molar-refractivity contribution in [3.05, 3.63) is 65.9 Å². The van der Waals surface area contributed by atoms with Crippen LogP contribution < -0.4 is 15.4 Å². The summed E-state index contributed by atoms with van der Waals surface area (Å²) in [6, 6.07) is 12.6. The molecule has 3 amide bonds. The van der Waals surface area contributed by atoms with E-state index in [2.05, 4.69) is 10.6 Å². The number of anilines is 2. The second kappa shape index (κ2) is 12.4. The van der Waals surface area contributed by atoms with E-state index in [4.69, 9.17) is 9.84 Å². The molecule has 11 heteroatoms. The average molecular weight is 560 g/mol. The molecule has 1 heterocycles. The first kappa shape index (κ1) is 30.5. The Morgan fingerprint density at radius 2 is 1.62 bits per heavy atom. The predicted octanol–water partition coefficient (Wildman–Crippen LogP) is 6.72. The number of ether oxygens (including phenoxy) is 1. The van der Waals surface area contributed by atoms with Gasteiger partial charge in [0.25, 0.3) is 0 Å². The van der Waals surface area contributed by atoms with Crippen molar-refractivity contribution in [1.82, 2.24) is 14.7 Å². The lowest BCUT2D eigenvalue weighted by Crippen LogP contribution is -2.41. The summed E-state index contributed by atoms with van der Waals surface area (Å²) in [4.78, 5) is 27.6. The van der Waals surface area contributed by atoms with E-state index < -0.39 is 23.7 Å². The maximum absolute atomic E-state index is 13.2. The fraction of sp³-hybridized carbons (Fsp3) is 0.414. The number of benzene rings is 2. The van der Waals surface area contributed by atoms with Crippen LogP contribution in [-0.2, 0) is 16.4 Å². The molecule has 3 aromatic rings. The number of hydrogen-bond donors (Lipinski definition) is 2. The number of halogens is 3. The summed E-state index contributed by atoms with van der Waals surface area (Å²) in [5.74, 6) is 0.932. The van der Waals surface area contributed by atoms with Crippen molar-refractivity contribution in [1.29, 1.82) is 0 Å². The molecular weight excluding hydrogens is 523 g/mol. The lowest BCUT2D eigenvalue weighted by Gasteiger charge is -2.23. The number of carbonyl (C=O) groups excluding carboxylic acids is 2. The lowest BCUT2D eigenvalue weighted by atomic mass is 9.92. The van der Waals surface area contributed by atoms with Gasteiger partial charge in [-0.1, -0.05) is 34.6 Å². The minimum Gasteiger partial charge on any atom is -0.497 e. The highest BCUT2D eigenvalue weighted by atomic mass is 19.4. The Morgan fingerprint density at radius 1 is 1.00 bits per heavy atom. The van der Waals surface area contributed by atoms with Gasteiger partial charge < -0.3 is 20.3 Å². The molecule has 40 heavy (non-hydrogen) atoms. The first-order valence-corrected chi connectivity index (χ1v) is 13.0. The molecular formula is C29H36F3N5O3. The van der Waals surface area contributed by atoms with Crippen LogP contribution in [0.15, 0.2) is 54.6 Å². The van der Waals surface area contributed by atoms with Crippen molar-refractivity contribution in [2.45, 2.75) is 52.6 Å². The molecule has 0 aliphatic rings. The second-order valence-electron chi connectivity index (χ2n) is 10.9. The number of aromatic nitrogens is 2. The van der Waals surface area contributed by atoms with Gasteiger partial charge in [0, 0.05) is 23.7 Å². The Kier molecular flexibility index (Phi) is 9.49. The molecule has 0 radical (unpaired) electrons. The van der Waals surface area contributed by atoms with Gasteiger partial charge in [-0.3, -0.25) is 4.79 Å². The van der Waals surface area contributed by atoms with E-state index in [1.807, 2.05) is 46.8 Å². The van der Waals surface area contributed by atoms with E-state index in [9.17, 15) is 22.8 Å². The second-order valence-corrected chi connectivity index (χ2v) is 10.9. The highest BCUT2D eigenvalue weighted by Crippen LogP contribution is 2.30. The third-order valence-electron chi connectivity index (χ3n) is 6.12. The van der Waals surface area contributed by atoms with Crippen molar-refractivity contribution in [3.63, 3.8) is 0 Å². The van der Waals surface area contributed by atoms with Crippen LogP contribution in [-0.4, -0.2) is 46.8 Å². The first-order valence-electron chi connectivity index (χ1n) is 13.0. The topological polar surface area (TPSA) is 88.5 Å². The number of nitrogens with zero attached hydrogens (tertiary/aromatic N) is 3. The number of carbonyl (C=O) groups is 2. The number of nitrogens with one attached hydrogen (secondary N) is 2. The predicted molar refractivity (Wildman–Crippen MR) is 149 cm³/mol. The Bertz CT molecular complexity index is 1290.